The fourth-order valence-corrected chi connectivity index (χ4v) is 4.69. The Labute approximate surface area is 197 Å². The van der Waals surface area contributed by atoms with Gasteiger partial charge in [0.15, 0.2) is 0 Å². The summed E-state index contributed by atoms with van der Waals surface area (Å²) in [5.74, 6) is 0.143. The molecule has 0 fully saturated rings. The van der Waals surface area contributed by atoms with E-state index < -0.39 is 5.97 Å². The number of benzene rings is 6. The number of rotatable bonds is 3. The van der Waals surface area contributed by atoms with Crippen molar-refractivity contribution in [3.05, 3.63) is 115 Å². The van der Waals surface area contributed by atoms with Gasteiger partial charge in [-0.3, -0.25) is 0 Å². The Morgan fingerprint density at radius 1 is 0.588 bits per heavy atom. The van der Waals surface area contributed by atoms with E-state index in [1.165, 1.54) is 10.8 Å². The third kappa shape index (κ3) is 3.32. The molecule has 0 aliphatic carbocycles. The maximum Gasteiger partial charge on any atom is 0.338 e. The standard InChI is InChI=1S/C32H22O2/c1-20(2)32(33)34-31-28(15-14-26-17-22-9-4-6-11-24(22)19-30(26)31)27-13-7-12-25-16-21-8-3-5-10-23(21)18-29(25)27/h3-19H,1H2,2H3. The van der Waals surface area contributed by atoms with Crippen LogP contribution < -0.4 is 4.74 Å². The molecule has 6 aromatic carbocycles. The Kier molecular flexibility index (Phi) is 4.67. The predicted octanol–water partition coefficient (Wildman–Crippen LogP) is 8.45. The first-order valence-electron chi connectivity index (χ1n) is 11.3. The molecular formula is C32H22O2. The van der Waals surface area contributed by atoms with Crippen molar-refractivity contribution in [1.82, 2.24) is 0 Å². The number of esters is 1. The Hall–Kier alpha value is -4.43. The number of fused-ring (bicyclic) bond motifs is 4. The Balaban J connectivity index is 1.68. The lowest BCUT2D eigenvalue weighted by molar-refractivity contribution is -0.129. The monoisotopic (exact) mass is 438 g/mol. The van der Waals surface area contributed by atoms with Gasteiger partial charge in [0.05, 0.1) is 0 Å². The molecule has 2 nitrogen and oxygen atoms in total. The average molecular weight is 439 g/mol. The fraction of sp³-hybridized carbons (Fsp3) is 0.0312. The van der Waals surface area contributed by atoms with Crippen molar-refractivity contribution < 1.29 is 9.53 Å². The van der Waals surface area contributed by atoms with E-state index in [0.717, 1.165) is 43.4 Å². The quantitative estimate of drug-likeness (QED) is 0.120. The van der Waals surface area contributed by atoms with Crippen molar-refractivity contribution in [1.29, 1.82) is 0 Å². The summed E-state index contributed by atoms with van der Waals surface area (Å²) in [6.07, 6.45) is 0. The number of carbonyl (C=O) groups is 1. The van der Waals surface area contributed by atoms with Crippen molar-refractivity contribution in [3.8, 4) is 16.9 Å². The minimum atomic E-state index is -0.424. The normalized spacial score (nSPS) is 11.3. The summed E-state index contributed by atoms with van der Waals surface area (Å²) < 4.78 is 6.02. The zero-order valence-corrected chi connectivity index (χ0v) is 18.8. The van der Waals surface area contributed by atoms with Gasteiger partial charge in [-0.25, -0.2) is 4.79 Å². The minimum Gasteiger partial charge on any atom is -0.422 e. The fourth-order valence-electron chi connectivity index (χ4n) is 4.69. The molecule has 0 spiro atoms. The van der Waals surface area contributed by atoms with Gasteiger partial charge in [-0.15, -0.1) is 0 Å². The van der Waals surface area contributed by atoms with Crippen LogP contribution in [0.3, 0.4) is 0 Å². The second-order valence-corrected chi connectivity index (χ2v) is 8.76. The van der Waals surface area contributed by atoms with Gasteiger partial charge in [-0.05, 0) is 80.5 Å². The minimum absolute atomic E-state index is 0.368. The van der Waals surface area contributed by atoms with E-state index in [0.29, 0.717) is 11.3 Å². The Bertz CT molecular complexity index is 1780. The molecule has 0 heterocycles. The van der Waals surface area contributed by atoms with E-state index in [1.54, 1.807) is 6.92 Å². The predicted molar refractivity (Wildman–Crippen MR) is 142 cm³/mol. The van der Waals surface area contributed by atoms with Crippen LogP contribution in [-0.4, -0.2) is 5.97 Å². The van der Waals surface area contributed by atoms with Crippen molar-refractivity contribution in [3.63, 3.8) is 0 Å². The molecule has 0 saturated heterocycles. The third-order valence-corrected chi connectivity index (χ3v) is 6.42. The zero-order valence-electron chi connectivity index (χ0n) is 18.8. The molecule has 0 amide bonds. The highest BCUT2D eigenvalue weighted by Gasteiger charge is 2.18. The molecule has 0 radical (unpaired) electrons. The summed E-state index contributed by atoms with van der Waals surface area (Å²) in [5.41, 5.74) is 2.29. The van der Waals surface area contributed by atoms with Crippen LogP contribution in [0, 0.1) is 0 Å². The first-order chi connectivity index (χ1) is 16.6. The topological polar surface area (TPSA) is 26.3 Å². The van der Waals surface area contributed by atoms with Crippen LogP contribution in [0.15, 0.2) is 115 Å². The van der Waals surface area contributed by atoms with Gasteiger partial charge in [0.2, 0.25) is 0 Å². The molecule has 0 atom stereocenters. The highest BCUT2D eigenvalue weighted by atomic mass is 16.5. The lowest BCUT2D eigenvalue weighted by Crippen LogP contribution is -2.09. The summed E-state index contributed by atoms with van der Waals surface area (Å²) in [6, 6.07) is 35.7. The molecular weight excluding hydrogens is 416 g/mol. The molecule has 0 N–H and O–H groups in total. The highest BCUT2D eigenvalue weighted by molar-refractivity contribution is 6.10. The van der Waals surface area contributed by atoms with E-state index in [4.69, 9.17) is 4.74 Å². The Morgan fingerprint density at radius 3 is 1.74 bits per heavy atom. The number of hydrogen-bond acceptors (Lipinski definition) is 2. The number of ether oxygens (including phenoxy) is 1. The lowest BCUT2D eigenvalue weighted by Gasteiger charge is -2.16. The summed E-state index contributed by atoms with van der Waals surface area (Å²) in [4.78, 5) is 12.7. The van der Waals surface area contributed by atoms with E-state index in [9.17, 15) is 4.79 Å². The first kappa shape index (κ1) is 20.2. The number of hydrogen-bond donors (Lipinski definition) is 0. The van der Waals surface area contributed by atoms with E-state index in [2.05, 4.69) is 97.6 Å². The molecule has 162 valence electrons. The van der Waals surface area contributed by atoms with Crippen molar-refractivity contribution in [2.45, 2.75) is 6.92 Å². The lowest BCUT2D eigenvalue weighted by atomic mass is 9.92. The zero-order chi connectivity index (χ0) is 23.2. The smallest absolute Gasteiger partial charge is 0.338 e. The van der Waals surface area contributed by atoms with Gasteiger partial charge in [0, 0.05) is 16.5 Å². The molecule has 0 saturated carbocycles. The van der Waals surface area contributed by atoms with Crippen LogP contribution in [0.25, 0.3) is 54.2 Å². The van der Waals surface area contributed by atoms with E-state index >= 15 is 0 Å². The summed E-state index contributed by atoms with van der Waals surface area (Å²) >= 11 is 0. The third-order valence-electron chi connectivity index (χ3n) is 6.42. The highest BCUT2D eigenvalue weighted by Crippen LogP contribution is 2.42. The molecule has 0 unspecified atom stereocenters. The van der Waals surface area contributed by atoms with Crippen LogP contribution in [0.1, 0.15) is 6.92 Å². The Morgan fingerprint density at radius 2 is 1.12 bits per heavy atom. The molecule has 2 heteroatoms. The van der Waals surface area contributed by atoms with Gasteiger partial charge in [0.1, 0.15) is 5.75 Å². The van der Waals surface area contributed by atoms with Crippen LogP contribution in [-0.2, 0) is 4.79 Å². The van der Waals surface area contributed by atoms with Gasteiger partial charge in [-0.2, -0.15) is 0 Å². The molecule has 0 aliphatic rings. The van der Waals surface area contributed by atoms with Crippen LogP contribution in [0.5, 0.6) is 5.75 Å². The van der Waals surface area contributed by atoms with Crippen LogP contribution in [0.2, 0.25) is 0 Å². The SMILES string of the molecule is C=C(C)C(=O)Oc1c(-c2cccc3cc4ccccc4cc23)ccc2cc3ccccc3cc12. The van der Waals surface area contributed by atoms with Crippen molar-refractivity contribution in [2.75, 3.05) is 0 Å². The van der Waals surface area contributed by atoms with E-state index in [-0.39, 0.29) is 0 Å². The van der Waals surface area contributed by atoms with Crippen LogP contribution >= 0.6 is 0 Å². The molecule has 0 bridgehead atoms. The summed E-state index contributed by atoms with van der Waals surface area (Å²) in [6.45, 7) is 5.47. The molecule has 0 aromatic heterocycles. The molecule has 6 aromatic rings. The summed E-state index contributed by atoms with van der Waals surface area (Å²) in [5, 5.41) is 8.82. The van der Waals surface area contributed by atoms with E-state index in [1.807, 2.05) is 12.1 Å². The van der Waals surface area contributed by atoms with Gasteiger partial charge in [0.25, 0.3) is 0 Å². The number of carbonyl (C=O) groups excluding carboxylic acids is 1. The first-order valence-corrected chi connectivity index (χ1v) is 11.3. The van der Waals surface area contributed by atoms with Crippen molar-refractivity contribution in [2.24, 2.45) is 0 Å². The second kappa shape index (κ2) is 7.86. The maximum absolute atomic E-state index is 12.7. The van der Waals surface area contributed by atoms with Gasteiger partial charge in [-0.1, -0.05) is 79.4 Å². The molecule has 34 heavy (non-hydrogen) atoms. The molecule has 0 aliphatic heterocycles. The van der Waals surface area contributed by atoms with Gasteiger partial charge >= 0.3 is 5.97 Å². The second-order valence-electron chi connectivity index (χ2n) is 8.76. The van der Waals surface area contributed by atoms with Crippen molar-refractivity contribution >= 4 is 49.1 Å². The maximum atomic E-state index is 12.7. The largest absolute Gasteiger partial charge is 0.422 e. The average Bonchev–Trinajstić information content (AvgIpc) is 2.86. The summed E-state index contributed by atoms with van der Waals surface area (Å²) in [7, 11) is 0. The van der Waals surface area contributed by atoms with Crippen LogP contribution in [0.4, 0.5) is 0 Å². The van der Waals surface area contributed by atoms with Gasteiger partial charge < -0.3 is 4.74 Å². The molecule has 6 rings (SSSR count).